The summed E-state index contributed by atoms with van der Waals surface area (Å²) in [4.78, 5) is 0. The number of aromatic hydroxyl groups is 1. The monoisotopic (exact) mass is 393 g/mol. The number of aryl methyl sites for hydroxylation is 2. The maximum absolute atomic E-state index is 9.83. The fraction of sp³-hybridized carbons (Fsp3) is 0.429. The van der Waals surface area contributed by atoms with Gasteiger partial charge in [-0.2, -0.15) is 0 Å². The van der Waals surface area contributed by atoms with E-state index in [2.05, 4.69) is 31.2 Å². The molecule has 0 aliphatic carbocycles. The average Bonchev–Trinajstić information content (AvgIpc) is 2.59. The molecule has 2 rings (SSSR count). The third-order valence-corrected chi connectivity index (χ3v) is 6.35. The zero-order valence-electron chi connectivity index (χ0n) is 14.9. The quantitative estimate of drug-likeness (QED) is 0.259. The Balaban J connectivity index is 2.06. The molecule has 25 heavy (non-hydrogen) atoms. The van der Waals surface area contributed by atoms with Crippen molar-refractivity contribution in [2.45, 2.75) is 57.9 Å². The maximum atomic E-state index is 9.83. The lowest BCUT2D eigenvalue weighted by Gasteiger charge is -2.11. The molecule has 0 saturated heterocycles. The van der Waals surface area contributed by atoms with E-state index in [0.717, 1.165) is 30.9 Å². The number of rotatable bonds is 10. The molecule has 1 radical (unpaired) electrons. The number of phenols is 1. The fourth-order valence-corrected chi connectivity index (χ4v) is 4.33. The molecule has 0 aromatic heterocycles. The van der Waals surface area contributed by atoms with Crippen LogP contribution in [0.3, 0.4) is 0 Å². The molecular weight excluding hydrogens is 367 g/mol. The molecule has 0 atom stereocenters. The van der Waals surface area contributed by atoms with Crippen LogP contribution in [-0.2, 0) is 12.8 Å². The van der Waals surface area contributed by atoms with Gasteiger partial charge in [-0.1, -0.05) is 56.5 Å². The molecule has 0 aliphatic rings. The molecule has 1 N–H and O–H groups in total. The lowest BCUT2D eigenvalue weighted by molar-refractivity contribution is 0.474. The molecule has 0 spiro atoms. The van der Waals surface area contributed by atoms with Crippen LogP contribution in [0.2, 0.25) is 6.04 Å². The van der Waals surface area contributed by atoms with Crippen LogP contribution in [0.15, 0.2) is 42.5 Å². The number of hydrogen-bond donors (Lipinski definition) is 1. The van der Waals surface area contributed by atoms with Gasteiger partial charge in [-0.15, -0.1) is 22.2 Å². The number of halogens is 2. The van der Waals surface area contributed by atoms with Crippen LogP contribution in [0.4, 0.5) is 0 Å². The first-order chi connectivity index (χ1) is 12.1. The molecule has 135 valence electrons. The molecule has 1 nitrogen and oxygen atoms in total. The van der Waals surface area contributed by atoms with E-state index in [9.17, 15) is 5.11 Å². The molecule has 2 aromatic rings. The summed E-state index contributed by atoms with van der Waals surface area (Å²) in [5.74, 6) is 0.313. The lowest BCUT2D eigenvalue weighted by atomic mass is 9.95. The van der Waals surface area contributed by atoms with Crippen LogP contribution in [0.1, 0.15) is 50.2 Å². The van der Waals surface area contributed by atoms with E-state index in [4.69, 9.17) is 22.2 Å². The largest absolute Gasteiger partial charge is 0.508 e. The summed E-state index contributed by atoms with van der Waals surface area (Å²) in [6.07, 6.45) is 8.16. The van der Waals surface area contributed by atoms with Gasteiger partial charge in [-0.3, -0.25) is 0 Å². The summed E-state index contributed by atoms with van der Waals surface area (Å²) in [7, 11) is -1.23. The highest BCUT2D eigenvalue weighted by molar-refractivity contribution is 7.33. The van der Waals surface area contributed by atoms with E-state index in [1.165, 1.54) is 42.4 Å². The second kappa shape index (κ2) is 10.9. The molecule has 0 unspecified atom stereocenters. The summed E-state index contributed by atoms with van der Waals surface area (Å²) >= 11 is 11.9. The van der Waals surface area contributed by atoms with Crippen molar-refractivity contribution in [3.63, 3.8) is 0 Å². The molecule has 0 bridgehead atoms. The van der Waals surface area contributed by atoms with Gasteiger partial charge in [0.25, 0.3) is 7.42 Å². The minimum absolute atomic E-state index is 0.313. The van der Waals surface area contributed by atoms with Crippen molar-refractivity contribution in [3.8, 4) is 16.9 Å². The predicted molar refractivity (Wildman–Crippen MR) is 112 cm³/mol. The van der Waals surface area contributed by atoms with Crippen molar-refractivity contribution in [1.82, 2.24) is 0 Å². The van der Waals surface area contributed by atoms with Gasteiger partial charge in [-0.05, 0) is 66.1 Å². The normalized spacial score (nSPS) is 11.2. The maximum Gasteiger partial charge on any atom is 0.273 e. The van der Waals surface area contributed by atoms with E-state index in [1.807, 2.05) is 12.1 Å². The molecule has 0 heterocycles. The Labute approximate surface area is 163 Å². The van der Waals surface area contributed by atoms with Crippen LogP contribution in [-0.4, -0.2) is 12.5 Å². The Morgan fingerprint density at radius 3 is 2.32 bits per heavy atom. The van der Waals surface area contributed by atoms with Gasteiger partial charge in [0.15, 0.2) is 0 Å². The van der Waals surface area contributed by atoms with Crippen LogP contribution in [0.5, 0.6) is 5.75 Å². The van der Waals surface area contributed by atoms with Gasteiger partial charge >= 0.3 is 0 Å². The predicted octanol–water partition coefficient (Wildman–Crippen LogP) is 7.08. The molecule has 2 aromatic carbocycles. The summed E-state index contributed by atoms with van der Waals surface area (Å²) < 4.78 is 0. The molecule has 0 aliphatic heterocycles. The van der Waals surface area contributed by atoms with Crippen molar-refractivity contribution in [2.24, 2.45) is 0 Å². The lowest BCUT2D eigenvalue weighted by Crippen LogP contribution is -1.96. The van der Waals surface area contributed by atoms with Crippen molar-refractivity contribution >= 4 is 29.6 Å². The summed E-state index contributed by atoms with van der Waals surface area (Å²) in [6, 6.07) is 15.4. The minimum Gasteiger partial charge on any atom is -0.508 e. The zero-order chi connectivity index (χ0) is 18.1. The van der Waals surface area contributed by atoms with Gasteiger partial charge in [0.05, 0.1) is 0 Å². The van der Waals surface area contributed by atoms with E-state index < -0.39 is 7.42 Å². The molecular formula is C21H27Cl2OSi. The molecule has 4 heteroatoms. The first-order valence-electron chi connectivity index (χ1n) is 9.18. The van der Waals surface area contributed by atoms with Crippen LogP contribution in [0, 0.1) is 0 Å². The summed E-state index contributed by atoms with van der Waals surface area (Å²) in [5, 5.41) is 9.83. The van der Waals surface area contributed by atoms with E-state index >= 15 is 0 Å². The Kier molecular flexibility index (Phi) is 8.87. The van der Waals surface area contributed by atoms with Gasteiger partial charge in [0.1, 0.15) is 5.75 Å². The fourth-order valence-electron chi connectivity index (χ4n) is 3.09. The van der Waals surface area contributed by atoms with Crippen molar-refractivity contribution in [3.05, 3.63) is 53.6 Å². The van der Waals surface area contributed by atoms with Crippen molar-refractivity contribution < 1.29 is 5.11 Å². The number of hydrogen-bond acceptors (Lipinski definition) is 1. The zero-order valence-corrected chi connectivity index (χ0v) is 17.4. The van der Waals surface area contributed by atoms with Crippen LogP contribution >= 0.6 is 22.2 Å². The van der Waals surface area contributed by atoms with Crippen LogP contribution in [0.25, 0.3) is 11.1 Å². The Morgan fingerprint density at radius 1 is 0.880 bits per heavy atom. The summed E-state index contributed by atoms with van der Waals surface area (Å²) in [5.41, 5.74) is 4.95. The van der Waals surface area contributed by atoms with Gasteiger partial charge in [0, 0.05) is 0 Å². The van der Waals surface area contributed by atoms with E-state index in [-0.39, 0.29) is 0 Å². The topological polar surface area (TPSA) is 20.2 Å². The van der Waals surface area contributed by atoms with Crippen LogP contribution < -0.4 is 0 Å². The van der Waals surface area contributed by atoms with Gasteiger partial charge in [-0.25, -0.2) is 0 Å². The molecule has 0 amide bonds. The second-order valence-electron chi connectivity index (χ2n) is 6.54. The molecule has 0 saturated carbocycles. The Bertz CT molecular complexity index is 641. The highest BCUT2D eigenvalue weighted by Crippen LogP contribution is 2.29. The molecule has 0 fully saturated rings. The van der Waals surface area contributed by atoms with Crippen molar-refractivity contribution in [1.29, 1.82) is 0 Å². The van der Waals surface area contributed by atoms with E-state index in [0.29, 0.717) is 5.75 Å². The third kappa shape index (κ3) is 7.05. The van der Waals surface area contributed by atoms with Gasteiger partial charge in [0.2, 0.25) is 0 Å². The Morgan fingerprint density at radius 2 is 1.64 bits per heavy atom. The number of phenolic OH excluding ortho intramolecular Hbond substituents is 1. The number of unbranched alkanes of at least 4 members (excludes halogenated alkanes) is 3. The third-order valence-electron chi connectivity index (χ3n) is 4.48. The Hall–Kier alpha value is -0.963. The first-order valence-corrected chi connectivity index (χ1v) is 12.9. The summed E-state index contributed by atoms with van der Waals surface area (Å²) in [6.45, 7) is 2.24. The standard InChI is InChI=1S/C21H27Cl2OSi/c1-2-3-4-5-7-17-9-11-18(12-10-17)21-14-13-20(24)16-19(21)8-6-15-25(22)23/h9-14,16,24H,2-8,15H2,1H3. The smallest absolute Gasteiger partial charge is 0.273 e. The van der Waals surface area contributed by atoms with Gasteiger partial charge < -0.3 is 5.11 Å². The number of benzene rings is 2. The highest BCUT2D eigenvalue weighted by atomic mass is 35.7. The average molecular weight is 394 g/mol. The SMILES string of the molecule is CCCCCCc1ccc(-c2ccc(O)cc2CCC[Si](Cl)Cl)cc1. The highest BCUT2D eigenvalue weighted by Gasteiger charge is 2.09. The second-order valence-corrected chi connectivity index (χ2v) is 11.0. The first kappa shape index (κ1) is 20.4. The van der Waals surface area contributed by atoms with Crippen molar-refractivity contribution in [2.75, 3.05) is 0 Å². The van der Waals surface area contributed by atoms with E-state index in [1.54, 1.807) is 6.07 Å². The minimum atomic E-state index is -1.23.